The second-order valence-electron chi connectivity index (χ2n) is 3.10. The Morgan fingerprint density at radius 2 is 2.24 bits per heavy atom. The van der Waals surface area contributed by atoms with Gasteiger partial charge in [-0.1, -0.05) is 6.08 Å². The maximum atomic E-state index is 10.9. The molecule has 0 bridgehead atoms. The number of nitrogens with zero attached hydrogens (tertiary/aromatic N) is 1. The van der Waals surface area contributed by atoms with Gasteiger partial charge in [-0.3, -0.25) is 0 Å². The average molecular weight is 238 g/mol. The third-order valence-electron chi connectivity index (χ3n) is 1.90. The minimum Gasteiger partial charge on any atom is -0.479 e. The number of nitrogens with one attached hydrogen (secondary N) is 1. The molecule has 0 fully saturated rings. The van der Waals surface area contributed by atoms with Gasteiger partial charge in [0, 0.05) is 12.3 Å². The molecule has 0 aromatic carbocycles. The molecule has 0 saturated carbocycles. The standard InChI is InChI=1S/C11H14N2O4/c1-8(4-3-6-12)10(11(15)16)13-7-5-9(14)17-2/h4-5,7,10,13H,3H2,1-2H3,(H,15,16)/b7-5+,8-4+/t10-/m1/s1. The van der Waals surface area contributed by atoms with Crippen molar-refractivity contribution in [2.75, 3.05) is 7.11 Å². The maximum absolute atomic E-state index is 10.9. The SMILES string of the molecule is COC(=O)/C=C/N[C@@H](C(=O)O)/C(C)=C/CC#N. The summed E-state index contributed by atoms with van der Waals surface area (Å²) in [5.41, 5.74) is 0.494. The number of carboxylic acids is 1. The molecular weight excluding hydrogens is 224 g/mol. The van der Waals surface area contributed by atoms with Crippen LogP contribution in [0.2, 0.25) is 0 Å². The number of esters is 1. The van der Waals surface area contributed by atoms with E-state index in [1.54, 1.807) is 6.92 Å². The van der Waals surface area contributed by atoms with Gasteiger partial charge in [0.25, 0.3) is 0 Å². The Balaban J connectivity index is 4.56. The fraction of sp³-hybridized carbons (Fsp3) is 0.364. The van der Waals surface area contributed by atoms with Gasteiger partial charge in [0.1, 0.15) is 6.04 Å². The van der Waals surface area contributed by atoms with Crippen molar-refractivity contribution in [3.8, 4) is 6.07 Å². The molecule has 6 nitrogen and oxygen atoms in total. The molecule has 0 radical (unpaired) electrons. The molecule has 0 aliphatic heterocycles. The van der Waals surface area contributed by atoms with Crippen LogP contribution in [-0.4, -0.2) is 30.2 Å². The first-order chi connectivity index (χ1) is 8.02. The molecule has 0 unspecified atom stereocenters. The summed E-state index contributed by atoms with van der Waals surface area (Å²) in [7, 11) is 1.22. The summed E-state index contributed by atoms with van der Waals surface area (Å²) in [5, 5.41) is 19.8. The van der Waals surface area contributed by atoms with Gasteiger partial charge in [-0.25, -0.2) is 9.59 Å². The molecule has 0 rings (SSSR count). The van der Waals surface area contributed by atoms with Crippen molar-refractivity contribution in [1.29, 1.82) is 5.26 Å². The minimum absolute atomic E-state index is 0.137. The zero-order chi connectivity index (χ0) is 13.3. The Kier molecular flexibility index (Phi) is 6.86. The predicted octanol–water partition coefficient (Wildman–Crippen LogP) is 0.576. The lowest BCUT2D eigenvalue weighted by atomic mass is 10.1. The van der Waals surface area contributed by atoms with E-state index in [1.807, 2.05) is 6.07 Å². The van der Waals surface area contributed by atoms with Crippen LogP contribution >= 0.6 is 0 Å². The van der Waals surface area contributed by atoms with Crippen LogP contribution in [0.15, 0.2) is 23.9 Å². The number of hydrogen-bond donors (Lipinski definition) is 2. The third-order valence-corrected chi connectivity index (χ3v) is 1.90. The lowest BCUT2D eigenvalue weighted by Crippen LogP contribution is -2.34. The molecule has 0 aliphatic carbocycles. The number of rotatable bonds is 6. The van der Waals surface area contributed by atoms with E-state index in [4.69, 9.17) is 10.4 Å². The summed E-state index contributed by atoms with van der Waals surface area (Å²) in [6.07, 6.45) is 3.93. The molecule has 0 spiro atoms. The van der Waals surface area contributed by atoms with Crippen LogP contribution in [0.25, 0.3) is 0 Å². The number of carboxylic acid groups (broad SMARTS) is 1. The van der Waals surface area contributed by atoms with Crippen LogP contribution in [-0.2, 0) is 14.3 Å². The lowest BCUT2D eigenvalue weighted by Gasteiger charge is -2.12. The van der Waals surface area contributed by atoms with Gasteiger partial charge >= 0.3 is 11.9 Å². The smallest absolute Gasteiger partial charge is 0.331 e. The van der Waals surface area contributed by atoms with E-state index in [9.17, 15) is 9.59 Å². The highest BCUT2D eigenvalue weighted by atomic mass is 16.5. The molecule has 2 N–H and O–H groups in total. The van der Waals surface area contributed by atoms with E-state index in [0.717, 1.165) is 6.08 Å². The van der Waals surface area contributed by atoms with Crippen LogP contribution in [0.4, 0.5) is 0 Å². The van der Waals surface area contributed by atoms with Crippen LogP contribution < -0.4 is 5.32 Å². The zero-order valence-electron chi connectivity index (χ0n) is 9.64. The Labute approximate surface area is 99.2 Å². The van der Waals surface area contributed by atoms with Gasteiger partial charge in [0.15, 0.2) is 0 Å². The number of aliphatic carboxylic acids is 1. The molecule has 0 aromatic heterocycles. The van der Waals surface area contributed by atoms with Crippen molar-refractivity contribution in [3.63, 3.8) is 0 Å². The van der Waals surface area contributed by atoms with Crippen molar-refractivity contribution in [2.45, 2.75) is 19.4 Å². The van der Waals surface area contributed by atoms with Gasteiger partial charge in [-0.05, 0) is 12.5 Å². The van der Waals surface area contributed by atoms with Crippen LogP contribution in [0, 0.1) is 11.3 Å². The Morgan fingerprint density at radius 3 is 2.71 bits per heavy atom. The molecule has 0 heterocycles. The number of carbonyl (C=O) groups excluding carboxylic acids is 1. The monoisotopic (exact) mass is 238 g/mol. The first-order valence-corrected chi connectivity index (χ1v) is 4.80. The summed E-state index contributed by atoms with van der Waals surface area (Å²) in [6.45, 7) is 1.59. The third kappa shape index (κ3) is 5.99. The minimum atomic E-state index is -1.09. The number of ether oxygens (including phenoxy) is 1. The molecule has 0 aliphatic rings. The highest BCUT2D eigenvalue weighted by Gasteiger charge is 2.16. The summed E-state index contributed by atoms with van der Waals surface area (Å²) in [5.74, 6) is -1.67. The van der Waals surface area contributed by atoms with Gasteiger partial charge in [0.05, 0.1) is 19.6 Å². The van der Waals surface area contributed by atoms with E-state index in [1.165, 1.54) is 19.4 Å². The molecule has 1 atom stereocenters. The lowest BCUT2D eigenvalue weighted by molar-refractivity contribution is -0.138. The average Bonchev–Trinajstić information content (AvgIpc) is 2.30. The summed E-state index contributed by atoms with van der Waals surface area (Å²) in [6, 6.07) is 0.918. The van der Waals surface area contributed by atoms with E-state index in [2.05, 4.69) is 10.1 Å². The number of methoxy groups -OCH3 is 1. The number of nitriles is 1. The molecule has 6 heteroatoms. The van der Waals surface area contributed by atoms with Crippen LogP contribution in [0.5, 0.6) is 0 Å². The van der Waals surface area contributed by atoms with E-state index in [-0.39, 0.29) is 6.42 Å². The fourth-order valence-electron chi connectivity index (χ4n) is 1.00. The van der Waals surface area contributed by atoms with Gasteiger partial charge in [-0.15, -0.1) is 0 Å². The predicted molar refractivity (Wildman–Crippen MR) is 59.7 cm³/mol. The summed E-state index contributed by atoms with van der Waals surface area (Å²) < 4.78 is 4.35. The molecule has 92 valence electrons. The van der Waals surface area contributed by atoms with Crippen molar-refractivity contribution >= 4 is 11.9 Å². The number of allylic oxidation sites excluding steroid dienone is 1. The molecule has 0 aromatic rings. The first kappa shape index (κ1) is 14.7. The highest BCUT2D eigenvalue weighted by Crippen LogP contribution is 2.03. The largest absolute Gasteiger partial charge is 0.479 e. The maximum Gasteiger partial charge on any atom is 0.331 e. The van der Waals surface area contributed by atoms with Gasteiger partial charge < -0.3 is 15.2 Å². The fourth-order valence-corrected chi connectivity index (χ4v) is 1.00. The Hall–Kier alpha value is -2.29. The first-order valence-electron chi connectivity index (χ1n) is 4.80. The number of carbonyl (C=O) groups is 2. The summed E-state index contributed by atoms with van der Waals surface area (Å²) in [4.78, 5) is 21.7. The van der Waals surface area contributed by atoms with Crippen molar-refractivity contribution in [3.05, 3.63) is 23.9 Å². The second kappa shape index (κ2) is 7.93. The molecule has 17 heavy (non-hydrogen) atoms. The van der Waals surface area contributed by atoms with Crippen molar-refractivity contribution < 1.29 is 19.4 Å². The second-order valence-corrected chi connectivity index (χ2v) is 3.10. The van der Waals surface area contributed by atoms with Gasteiger partial charge in [0.2, 0.25) is 0 Å². The van der Waals surface area contributed by atoms with Crippen molar-refractivity contribution in [2.24, 2.45) is 0 Å². The molecule has 0 amide bonds. The number of hydrogen-bond acceptors (Lipinski definition) is 5. The van der Waals surface area contributed by atoms with Gasteiger partial charge in [-0.2, -0.15) is 5.26 Å². The van der Waals surface area contributed by atoms with E-state index >= 15 is 0 Å². The Bertz CT molecular complexity index is 379. The topological polar surface area (TPSA) is 99.4 Å². The quantitative estimate of drug-likeness (QED) is 0.399. The normalized spacial score (nSPS) is 12.9. The van der Waals surface area contributed by atoms with E-state index in [0.29, 0.717) is 5.57 Å². The van der Waals surface area contributed by atoms with E-state index < -0.39 is 18.0 Å². The molecular formula is C11H14N2O4. The highest BCUT2D eigenvalue weighted by molar-refractivity contribution is 5.82. The summed E-state index contributed by atoms with van der Waals surface area (Å²) >= 11 is 0. The van der Waals surface area contributed by atoms with Crippen LogP contribution in [0.1, 0.15) is 13.3 Å². The Morgan fingerprint density at radius 1 is 1.59 bits per heavy atom. The zero-order valence-corrected chi connectivity index (χ0v) is 9.64. The van der Waals surface area contributed by atoms with Crippen LogP contribution in [0.3, 0.4) is 0 Å². The van der Waals surface area contributed by atoms with Crippen molar-refractivity contribution in [1.82, 2.24) is 5.32 Å². The molecule has 0 saturated heterocycles.